The van der Waals surface area contributed by atoms with Crippen LogP contribution < -0.4 is 0 Å². The molecule has 0 aliphatic rings. The average Bonchev–Trinajstić information content (AvgIpc) is 2.66. The van der Waals surface area contributed by atoms with Crippen molar-refractivity contribution in [1.82, 2.24) is 15.2 Å². The summed E-state index contributed by atoms with van der Waals surface area (Å²) >= 11 is 0. The smallest absolute Gasteiger partial charge is 0.373 e. The van der Waals surface area contributed by atoms with Gasteiger partial charge in [0.05, 0.1) is 0 Å². The molecule has 0 aliphatic heterocycles. The highest BCUT2D eigenvalue weighted by atomic mass is 16.4. The fourth-order valence-electron chi connectivity index (χ4n) is 1.27. The number of carboxylic acids is 1. The molecule has 0 saturated carbocycles. The molecule has 0 radical (unpaired) electrons. The highest BCUT2D eigenvalue weighted by Crippen LogP contribution is 2.15. The van der Waals surface area contributed by atoms with Gasteiger partial charge >= 0.3 is 5.97 Å². The molecular weight excluding hydrogens is 194 g/mol. The summed E-state index contributed by atoms with van der Waals surface area (Å²) in [4.78, 5) is 14.4. The molecule has 0 fully saturated rings. The Hall–Kier alpha value is -2.17. The predicted molar refractivity (Wildman–Crippen MR) is 53.5 cm³/mol. The van der Waals surface area contributed by atoms with Crippen LogP contribution in [0.15, 0.2) is 24.3 Å². The summed E-state index contributed by atoms with van der Waals surface area (Å²) in [7, 11) is 0. The van der Waals surface area contributed by atoms with Gasteiger partial charge in [-0.15, -0.1) is 0 Å². The van der Waals surface area contributed by atoms with E-state index in [9.17, 15) is 4.79 Å². The molecule has 0 atom stereocenters. The number of hydrogen-bond donors (Lipinski definition) is 2. The van der Waals surface area contributed by atoms with Gasteiger partial charge in [0.2, 0.25) is 5.82 Å². The number of rotatable bonds is 2. The Balaban J connectivity index is 2.41. The number of carbonyl (C=O) groups is 1. The van der Waals surface area contributed by atoms with Gasteiger partial charge < -0.3 is 5.11 Å². The first-order valence-corrected chi connectivity index (χ1v) is 4.39. The van der Waals surface area contributed by atoms with Crippen LogP contribution in [0.25, 0.3) is 11.4 Å². The van der Waals surface area contributed by atoms with E-state index >= 15 is 0 Å². The molecule has 2 aromatic rings. The maximum absolute atomic E-state index is 10.6. The van der Waals surface area contributed by atoms with Crippen molar-refractivity contribution in [2.24, 2.45) is 0 Å². The number of nitrogens with zero attached hydrogens (tertiary/aromatic N) is 2. The maximum Gasteiger partial charge on any atom is 0.373 e. The third-order valence-electron chi connectivity index (χ3n) is 1.96. The second-order valence-electron chi connectivity index (χ2n) is 3.18. The summed E-state index contributed by atoms with van der Waals surface area (Å²) in [6.45, 7) is 1.95. The lowest BCUT2D eigenvalue weighted by atomic mass is 10.1. The van der Waals surface area contributed by atoms with Gasteiger partial charge in [0.25, 0.3) is 0 Å². The standard InChI is InChI=1S/C10H9N3O2/c1-6-3-2-4-7(5-6)8-11-9(10(14)15)13-12-8/h2-5H,1H3,(H,14,15)(H,11,12,13). The van der Waals surface area contributed by atoms with Gasteiger partial charge in [-0.1, -0.05) is 23.8 Å². The van der Waals surface area contributed by atoms with E-state index in [0.717, 1.165) is 11.1 Å². The van der Waals surface area contributed by atoms with Gasteiger partial charge in [-0.25, -0.2) is 9.78 Å². The van der Waals surface area contributed by atoms with Crippen molar-refractivity contribution in [2.45, 2.75) is 6.92 Å². The monoisotopic (exact) mass is 203 g/mol. The third kappa shape index (κ3) is 1.85. The number of aryl methyl sites for hydroxylation is 1. The predicted octanol–water partition coefficient (Wildman–Crippen LogP) is 1.48. The molecule has 15 heavy (non-hydrogen) atoms. The highest BCUT2D eigenvalue weighted by Gasteiger charge is 2.10. The fraction of sp³-hybridized carbons (Fsp3) is 0.100. The lowest BCUT2D eigenvalue weighted by Gasteiger charge is -1.95. The van der Waals surface area contributed by atoms with Gasteiger partial charge in [-0.3, -0.25) is 5.10 Å². The molecule has 0 aliphatic carbocycles. The molecule has 5 nitrogen and oxygen atoms in total. The fourth-order valence-corrected chi connectivity index (χ4v) is 1.27. The molecule has 1 aromatic carbocycles. The van der Waals surface area contributed by atoms with Crippen molar-refractivity contribution in [3.05, 3.63) is 35.7 Å². The highest BCUT2D eigenvalue weighted by molar-refractivity contribution is 5.83. The lowest BCUT2D eigenvalue weighted by Crippen LogP contribution is -1.98. The maximum atomic E-state index is 10.6. The number of H-pyrrole nitrogens is 1. The minimum atomic E-state index is -1.11. The van der Waals surface area contributed by atoms with E-state index in [0.29, 0.717) is 5.82 Å². The first kappa shape index (κ1) is 9.39. The Bertz CT molecular complexity index is 505. The number of carboxylic acid groups (broad SMARTS) is 1. The van der Waals surface area contributed by atoms with Crippen molar-refractivity contribution >= 4 is 5.97 Å². The number of aromatic carboxylic acids is 1. The topological polar surface area (TPSA) is 78.9 Å². The van der Waals surface area contributed by atoms with Crippen molar-refractivity contribution in [1.29, 1.82) is 0 Å². The normalized spacial score (nSPS) is 10.2. The zero-order valence-corrected chi connectivity index (χ0v) is 8.06. The van der Waals surface area contributed by atoms with Crippen LogP contribution in [0.1, 0.15) is 16.2 Å². The van der Waals surface area contributed by atoms with Crippen molar-refractivity contribution in [2.75, 3.05) is 0 Å². The van der Waals surface area contributed by atoms with Crippen LogP contribution in [-0.2, 0) is 0 Å². The van der Waals surface area contributed by atoms with E-state index in [-0.39, 0.29) is 5.82 Å². The lowest BCUT2D eigenvalue weighted by molar-refractivity contribution is 0.0684. The molecule has 0 saturated heterocycles. The second kappa shape index (κ2) is 3.53. The van der Waals surface area contributed by atoms with E-state index in [1.54, 1.807) is 0 Å². The first-order chi connectivity index (χ1) is 7.16. The van der Waals surface area contributed by atoms with Crippen molar-refractivity contribution in [3.8, 4) is 11.4 Å². The SMILES string of the molecule is Cc1cccc(-c2n[nH]c(C(=O)O)n2)c1. The molecule has 0 amide bonds. The Morgan fingerprint density at radius 2 is 2.27 bits per heavy atom. The number of aromatic amines is 1. The Labute approximate surface area is 85.8 Å². The molecule has 2 N–H and O–H groups in total. The van der Waals surface area contributed by atoms with Crippen molar-refractivity contribution < 1.29 is 9.90 Å². The molecular formula is C10H9N3O2. The van der Waals surface area contributed by atoms with Crippen LogP contribution in [0.3, 0.4) is 0 Å². The summed E-state index contributed by atoms with van der Waals surface area (Å²) in [5.74, 6) is -0.857. The second-order valence-corrected chi connectivity index (χ2v) is 3.18. The first-order valence-electron chi connectivity index (χ1n) is 4.39. The molecule has 76 valence electrons. The minimum Gasteiger partial charge on any atom is -0.475 e. The van der Waals surface area contributed by atoms with Gasteiger partial charge in [0, 0.05) is 5.56 Å². The molecule has 1 aromatic heterocycles. The van der Waals surface area contributed by atoms with Crippen molar-refractivity contribution in [3.63, 3.8) is 0 Å². The van der Waals surface area contributed by atoms with Gasteiger partial charge in [0.15, 0.2) is 5.82 Å². The molecule has 0 spiro atoms. The zero-order valence-electron chi connectivity index (χ0n) is 8.06. The van der Waals surface area contributed by atoms with Crippen LogP contribution >= 0.6 is 0 Å². The average molecular weight is 203 g/mol. The Morgan fingerprint density at radius 1 is 1.47 bits per heavy atom. The van der Waals surface area contributed by atoms with Gasteiger partial charge in [-0.2, -0.15) is 5.10 Å². The quantitative estimate of drug-likeness (QED) is 0.774. The van der Waals surface area contributed by atoms with Crippen LogP contribution in [0.4, 0.5) is 0 Å². The van der Waals surface area contributed by atoms with E-state index in [1.165, 1.54) is 0 Å². The Kier molecular flexibility index (Phi) is 2.21. The van der Waals surface area contributed by atoms with Crippen LogP contribution in [-0.4, -0.2) is 26.3 Å². The molecule has 5 heteroatoms. The molecule has 2 rings (SSSR count). The van der Waals surface area contributed by atoms with E-state index in [1.807, 2.05) is 31.2 Å². The number of nitrogens with one attached hydrogen (secondary N) is 1. The number of aromatic nitrogens is 3. The summed E-state index contributed by atoms with van der Waals surface area (Å²) in [6.07, 6.45) is 0. The van der Waals surface area contributed by atoms with E-state index < -0.39 is 5.97 Å². The summed E-state index contributed by atoms with van der Waals surface area (Å²) in [6, 6.07) is 7.56. The number of benzene rings is 1. The third-order valence-corrected chi connectivity index (χ3v) is 1.96. The van der Waals surface area contributed by atoms with Gasteiger partial charge in [-0.05, 0) is 13.0 Å². The summed E-state index contributed by atoms with van der Waals surface area (Å²) in [5, 5.41) is 14.9. The van der Waals surface area contributed by atoms with Crippen LogP contribution in [0, 0.1) is 6.92 Å². The zero-order chi connectivity index (χ0) is 10.8. The molecule has 0 unspecified atom stereocenters. The number of hydrogen-bond acceptors (Lipinski definition) is 3. The van der Waals surface area contributed by atoms with E-state index in [2.05, 4.69) is 15.2 Å². The molecule has 0 bridgehead atoms. The molecule has 1 heterocycles. The minimum absolute atomic E-state index is 0.147. The largest absolute Gasteiger partial charge is 0.475 e. The Morgan fingerprint density at radius 3 is 2.87 bits per heavy atom. The van der Waals surface area contributed by atoms with Crippen LogP contribution in [0.5, 0.6) is 0 Å². The van der Waals surface area contributed by atoms with Gasteiger partial charge in [0.1, 0.15) is 0 Å². The van der Waals surface area contributed by atoms with E-state index in [4.69, 9.17) is 5.11 Å². The summed E-state index contributed by atoms with van der Waals surface area (Å²) in [5.41, 5.74) is 1.88. The van der Waals surface area contributed by atoms with Crippen LogP contribution in [0.2, 0.25) is 0 Å². The summed E-state index contributed by atoms with van der Waals surface area (Å²) < 4.78 is 0.